The van der Waals surface area contributed by atoms with Gasteiger partial charge in [-0.25, -0.2) is 0 Å². The Kier molecular flexibility index (Phi) is 5.20. The van der Waals surface area contributed by atoms with Gasteiger partial charge in [0.25, 0.3) is 0 Å². The van der Waals surface area contributed by atoms with Gasteiger partial charge in [0.2, 0.25) is 12.4 Å². The van der Waals surface area contributed by atoms with Crippen molar-refractivity contribution in [1.82, 2.24) is 0 Å². The zero-order valence-corrected chi connectivity index (χ0v) is 15.1. The Morgan fingerprint density at radius 2 is 1.52 bits per heavy atom. The molecular formula is C20H20N4O. The largest absolute Gasteiger partial charge is 0.494 e. The van der Waals surface area contributed by atoms with Gasteiger partial charge in [0.1, 0.15) is 5.71 Å². The van der Waals surface area contributed by atoms with Crippen LogP contribution in [-0.2, 0) is 4.74 Å². The predicted octanol–water partition coefficient (Wildman–Crippen LogP) is 4.26. The van der Waals surface area contributed by atoms with Gasteiger partial charge in [0.15, 0.2) is 5.76 Å². The number of allylic oxidation sites excluding steroid dienone is 3. The second-order valence-corrected chi connectivity index (χ2v) is 6.65. The molecule has 0 amide bonds. The van der Waals surface area contributed by atoms with Crippen LogP contribution in [0.2, 0.25) is 0 Å². The summed E-state index contributed by atoms with van der Waals surface area (Å²) in [7, 11) is 1.54. The highest BCUT2D eigenvalue weighted by molar-refractivity contribution is 6.42. The van der Waals surface area contributed by atoms with Crippen molar-refractivity contribution in [2.75, 3.05) is 7.11 Å². The van der Waals surface area contributed by atoms with Gasteiger partial charge in [-0.1, -0.05) is 51.1 Å². The predicted molar refractivity (Wildman–Crippen MR) is 98.6 cm³/mol. The van der Waals surface area contributed by atoms with Crippen molar-refractivity contribution < 1.29 is 4.74 Å². The molecular weight excluding hydrogens is 312 g/mol. The van der Waals surface area contributed by atoms with E-state index in [9.17, 15) is 10.5 Å². The second-order valence-electron chi connectivity index (χ2n) is 6.65. The van der Waals surface area contributed by atoms with E-state index in [0.717, 1.165) is 22.3 Å². The number of nitriles is 2. The molecule has 0 fully saturated rings. The molecule has 1 aromatic carbocycles. The molecule has 0 spiro atoms. The van der Waals surface area contributed by atoms with E-state index in [1.54, 1.807) is 7.11 Å². The van der Waals surface area contributed by atoms with Crippen LogP contribution in [0.5, 0.6) is 0 Å². The summed E-state index contributed by atoms with van der Waals surface area (Å²) in [6.45, 7) is 7.93. The molecule has 1 aliphatic rings. The van der Waals surface area contributed by atoms with Gasteiger partial charge in [-0.05, 0) is 23.5 Å². The fourth-order valence-corrected chi connectivity index (χ4v) is 3.02. The molecule has 5 nitrogen and oxygen atoms in total. The van der Waals surface area contributed by atoms with E-state index in [4.69, 9.17) is 4.74 Å². The van der Waals surface area contributed by atoms with Crippen LogP contribution >= 0.6 is 0 Å². The highest BCUT2D eigenvalue weighted by atomic mass is 16.5. The van der Waals surface area contributed by atoms with Crippen LogP contribution in [0.3, 0.4) is 0 Å². The average Bonchev–Trinajstić information content (AvgIpc) is 2.57. The molecule has 2 rings (SSSR count). The minimum atomic E-state index is -0.346. The summed E-state index contributed by atoms with van der Waals surface area (Å²) in [6, 6.07) is 9.61. The minimum absolute atomic E-state index is 0.346. The molecule has 0 aromatic heterocycles. The molecule has 0 heterocycles. The van der Waals surface area contributed by atoms with Gasteiger partial charge in [-0.15, -0.1) is 0 Å². The Morgan fingerprint density at radius 1 is 0.960 bits per heavy atom. The number of nitrogens with zero attached hydrogens (tertiary/aromatic N) is 4. The third-order valence-corrected chi connectivity index (χ3v) is 3.99. The lowest BCUT2D eigenvalue weighted by Crippen LogP contribution is -2.30. The number of hydrogen-bond donors (Lipinski definition) is 0. The maximum absolute atomic E-state index is 9.22. The van der Waals surface area contributed by atoms with Gasteiger partial charge in [0.05, 0.1) is 12.8 Å². The van der Waals surface area contributed by atoms with E-state index in [-0.39, 0.29) is 5.41 Å². The monoisotopic (exact) mass is 332 g/mol. The van der Waals surface area contributed by atoms with Gasteiger partial charge in [-0.2, -0.15) is 20.5 Å². The van der Waals surface area contributed by atoms with Gasteiger partial charge in [0, 0.05) is 11.1 Å². The van der Waals surface area contributed by atoms with Crippen molar-refractivity contribution >= 4 is 17.0 Å². The molecule has 0 radical (unpaired) electrons. The summed E-state index contributed by atoms with van der Waals surface area (Å²) in [5, 5.41) is 18.4. The average molecular weight is 332 g/mol. The van der Waals surface area contributed by atoms with Crippen molar-refractivity contribution in [2.24, 2.45) is 15.4 Å². The first-order valence-electron chi connectivity index (χ1n) is 7.86. The van der Waals surface area contributed by atoms with Gasteiger partial charge in [-0.3, -0.25) is 0 Å². The van der Waals surface area contributed by atoms with Crippen molar-refractivity contribution in [3.8, 4) is 12.4 Å². The van der Waals surface area contributed by atoms with Crippen LogP contribution in [0.25, 0.3) is 5.57 Å². The van der Waals surface area contributed by atoms with Crippen LogP contribution in [0.1, 0.15) is 33.3 Å². The standard InChI is InChI=1S/C20H20N4O/c1-13-15(14-9-7-6-8-10-14)18(24-12-22)19(25-5)16(20(2,3)4)17(13)23-11-21/h6-10H,1-5H3. The number of hydrogen-bond acceptors (Lipinski definition) is 5. The molecule has 0 atom stereocenters. The molecule has 5 heteroatoms. The van der Waals surface area contributed by atoms with Crippen LogP contribution in [0.4, 0.5) is 0 Å². The van der Waals surface area contributed by atoms with E-state index < -0.39 is 0 Å². The number of benzene rings is 1. The highest BCUT2D eigenvalue weighted by Gasteiger charge is 2.37. The second kappa shape index (κ2) is 7.15. The molecule has 1 aromatic rings. The number of ether oxygens (including phenoxy) is 1. The third kappa shape index (κ3) is 3.36. The molecule has 25 heavy (non-hydrogen) atoms. The molecule has 126 valence electrons. The SMILES string of the molecule is COC1=C(C(C)(C)C)C(=NC#N)C(C)=C(c2ccccc2)C1=NC#N. The summed E-state index contributed by atoms with van der Waals surface area (Å²) >= 11 is 0. The lowest BCUT2D eigenvalue weighted by molar-refractivity contribution is 0.302. The molecule has 1 aliphatic carbocycles. The smallest absolute Gasteiger partial charge is 0.206 e. The summed E-state index contributed by atoms with van der Waals surface area (Å²) in [6.07, 6.45) is 3.77. The zero-order valence-electron chi connectivity index (χ0n) is 15.1. The number of methoxy groups -OCH3 is 1. The van der Waals surface area contributed by atoms with Crippen molar-refractivity contribution in [2.45, 2.75) is 27.7 Å². The topological polar surface area (TPSA) is 81.5 Å². The quantitative estimate of drug-likeness (QED) is 0.599. The molecule has 0 aliphatic heterocycles. The van der Waals surface area contributed by atoms with Crippen LogP contribution < -0.4 is 0 Å². The molecule has 0 unspecified atom stereocenters. The molecule has 0 saturated heterocycles. The number of aliphatic imine (C=N–C) groups is 2. The maximum atomic E-state index is 9.22. The summed E-state index contributed by atoms with van der Waals surface area (Å²) in [5.74, 6) is 0.479. The van der Waals surface area contributed by atoms with Crippen molar-refractivity contribution in [3.63, 3.8) is 0 Å². The fourth-order valence-electron chi connectivity index (χ4n) is 3.02. The van der Waals surface area contributed by atoms with Gasteiger partial charge < -0.3 is 4.74 Å². The van der Waals surface area contributed by atoms with Gasteiger partial charge >= 0.3 is 0 Å². The molecule has 0 bridgehead atoms. The van der Waals surface area contributed by atoms with E-state index >= 15 is 0 Å². The lowest BCUT2D eigenvalue weighted by Gasteiger charge is -2.32. The Morgan fingerprint density at radius 3 is 2.00 bits per heavy atom. The maximum Gasteiger partial charge on any atom is 0.206 e. The van der Waals surface area contributed by atoms with Crippen LogP contribution in [-0.4, -0.2) is 18.5 Å². The van der Waals surface area contributed by atoms with Crippen LogP contribution in [0.15, 0.2) is 57.2 Å². The normalized spacial score (nSPS) is 18.4. The summed E-state index contributed by atoms with van der Waals surface area (Å²) in [4.78, 5) is 8.12. The Labute approximate surface area is 148 Å². The lowest BCUT2D eigenvalue weighted by atomic mass is 9.74. The third-order valence-electron chi connectivity index (χ3n) is 3.99. The first-order valence-corrected chi connectivity index (χ1v) is 7.86. The molecule has 0 saturated carbocycles. The Balaban J connectivity index is 2.94. The fraction of sp³-hybridized carbons (Fsp3) is 0.300. The number of rotatable bonds is 2. The van der Waals surface area contributed by atoms with Crippen LogP contribution in [0, 0.1) is 28.3 Å². The van der Waals surface area contributed by atoms with E-state index in [1.165, 1.54) is 0 Å². The first-order chi connectivity index (χ1) is 11.9. The van der Waals surface area contributed by atoms with Crippen molar-refractivity contribution in [3.05, 3.63) is 52.8 Å². The van der Waals surface area contributed by atoms with E-state index in [2.05, 4.69) is 9.98 Å². The minimum Gasteiger partial charge on any atom is -0.494 e. The van der Waals surface area contributed by atoms with E-state index in [1.807, 2.05) is 70.4 Å². The highest BCUT2D eigenvalue weighted by Crippen LogP contribution is 2.40. The Hall–Kier alpha value is -3.18. The first kappa shape index (κ1) is 18.2. The van der Waals surface area contributed by atoms with Crippen molar-refractivity contribution in [1.29, 1.82) is 10.5 Å². The van der Waals surface area contributed by atoms with E-state index in [0.29, 0.717) is 17.2 Å². The molecule has 0 N–H and O–H groups in total. The summed E-state index contributed by atoms with van der Waals surface area (Å²) < 4.78 is 5.65. The summed E-state index contributed by atoms with van der Waals surface area (Å²) in [5.41, 5.74) is 3.90. The zero-order chi connectivity index (χ0) is 18.6. The Bertz CT molecular complexity index is 882.